The number of halogens is 1. The Balaban J connectivity index is 0.00000272. The van der Waals surface area contributed by atoms with Crippen LogP contribution in [0.4, 0.5) is 5.69 Å². The molecule has 1 amide bonds. The average molecular weight is 441 g/mol. The Kier molecular flexibility index (Phi) is 8.28. The van der Waals surface area contributed by atoms with Crippen LogP contribution in [0.2, 0.25) is 0 Å². The van der Waals surface area contributed by atoms with Crippen molar-refractivity contribution in [3.63, 3.8) is 0 Å². The molecule has 0 N–H and O–H groups in total. The molecule has 4 nitrogen and oxygen atoms in total. The fourth-order valence-electron chi connectivity index (χ4n) is 4.70. The topological polar surface area (TPSA) is 40.6 Å². The molecular formula is C26H33ClN2O2. The molecule has 0 radical (unpaired) electrons. The van der Waals surface area contributed by atoms with Crippen LogP contribution in [0, 0.1) is 0 Å². The van der Waals surface area contributed by atoms with Crippen LogP contribution in [0.5, 0.6) is 0 Å². The van der Waals surface area contributed by atoms with Gasteiger partial charge in [-0.25, -0.2) is 0 Å². The van der Waals surface area contributed by atoms with E-state index in [0.29, 0.717) is 12.8 Å². The lowest BCUT2D eigenvalue weighted by molar-refractivity contribution is -0.119. The Morgan fingerprint density at radius 2 is 1.74 bits per heavy atom. The summed E-state index contributed by atoms with van der Waals surface area (Å²) in [6.07, 6.45) is 6.93. The molecule has 2 aromatic carbocycles. The van der Waals surface area contributed by atoms with Crippen molar-refractivity contribution in [2.75, 3.05) is 31.6 Å². The highest BCUT2D eigenvalue weighted by Crippen LogP contribution is 2.36. The zero-order chi connectivity index (χ0) is 20.9. The number of aryl methyl sites for hydroxylation is 2. The van der Waals surface area contributed by atoms with Gasteiger partial charge in [0.1, 0.15) is 0 Å². The van der Waals surface area contributed by atoms with Gasteiger partial charge in [0.2, 0.25) is 5.91 Å². The number of benzene rings is 2. The van der Waals surface area contributed by atoms with Gasteiger partial charge in [0.05, 0.1) is 5.69 Å². The van der Waals surface area contributed by atoms with Crippen molar-refractivity contribution in [2.24, 2.45) is 0 Å². The van der Waals surface area contributed by atoms with Gasteiger partial charge in [-0.15, -0.1) is 12.4 Å². The van der Waals surface area contributed by atoms with Crippen molar-refractivity contribution < 1.29 is 9.59 Å². The largest absolute Gasteiger partial charge is 0.312 e. The number of likely N-dealkylation sites (N-methyl/N-ethyl adjacent to an activating group) is 1. The lowest BCUT2D eigenvalue weighted by Crippen LogP contribution is -2.39. The third-order valence-corrected chi connectivity index (χ3v) is 6.42. The summed E-state index contributed by atoms with van der Waals surface area (Å²) in [5.41, 5.74) is 5.70. The summed E-state index contributed by atoms with van der Waals surface area (Å²) in [6, 6.07) is 14.7. The molecule has 0 spiro atoms. The van der Waals surface area contributed by atoms with E-state index in [0.717, 1.165) is 69.4 Å². The Bertz CT molecular complexity index is 896. The Hall–Kier alpha value is -2.17. The second-order valence-electron chi connectivity index (χ2n) is 8.71. The fourth-order valence-corrected chi connectivity index (χ4v) is 4.70. The standard InChI is InChI=1S/C26H32N2O2.ClH/c1-27(17-14-20-8-3-2-4-9-20)15-6-5-11-24(29)23-18-21-10-7-16-28-25(30)13-12-22(19-23)26(21)28;/h2-4,8-9,18-19H,5-7,10-17H2,1H3;1H. The van der Waals surface area contributed by atoms with Crippen LogP contribution in [-0.4, -0.2) is 43.3 Å². The second-order valence-corrected chi connectivity index (χ2v) is 8.71. The Morgan fingerprint density at radius 1 is 1.00 bits per heavy atom. The smallest absolute Gasteiger partial charge is 0.227 e. The maximum Gasteiger partial charge on any atom is 0.227 e. The van der Waals surface area contributed by atoms with E-state index in [4.69, 9.17) is 0 Å². The van der Waals surface area contributed by atoms with Gasteiger partial charge < -0.3 is 9.80 Å². The van der Waals surface area contributed by atoms with E-state index < -0.39 is 0 Å². The molecule has 2 aromatic rings. The molecule has 0 atom stereocenters. The summed E-state index contributed by atoms with van der Waals surface area (Å²) in [4.78, 5) is 29.3. The number of amides is 1. The van der Waals surface area contributed by atoms with Crippen LogP contribution in [0.3, 0.4) is 0 Å². The zero-order valence-corrected chi connectivity index (χ0v) is 19.3. The number of rotatable bonds is 9. The van der Waals surface area contributed by atoms with E-state index in [1.165, 1.54) is 16.7 Å². The van der Waals surface area contributed by atoms with Crippen LogP contribution in [0.25, 0.3) is 0 Å². The van der Waals surface area contributed by atoms with Crippen molar-refractivity contribution in [3.8, 4) is 0 Å². The molecule has 2 aliphatic rings. The number of hydrogen-bond donors (Lipinski definition) is 0. The number of nitrogens with zero attached hydrogens (tertiary/aromatic N) is 2. The van der Waals surface area contributed by atoms with Gasteiger partial charge in [-0.05, 0) is 80.9 Å². The molecule has 0 saturated carbocycles. The fraction of sp³-hybridized carbons (Fsp3) is 0.462. The Labute approximate surface area is 192 Å². The first-order valence-corrected chi connectivity index (χ1v) is 11.3. The van der Waals surface area contributed by atoms with E-state index >= 15 is 0 Å². The summed E-state index contributed by atoms with van der Waals surface area (Å²) in [5, 5.41) is 0. The molecule has 0 fully saturated rings. The first-order chi connectivity index (χ1) is 14.6. The normalized spacial score (nSPS) is 14.9. The summed E-state index contributed by atoms with van der Waals surface area (Å²) in [6.45, 7) is 2.89. The number of ketones is 1. The molecule has 31 heavy (non-hydrogen) atoms. The van der Waals surface area contributed by atoms with E-state index in [1.54, 1.807) is 0 Å². The third-order valence-electron chi connectivity index (χ3n) is 6.42. The minimum Gasteiger partial charge on any atom is -0.312 e. The summed E-state index contributed by atoms with van der Waals surface area (Å²) >= 11 is 0. The molecule has 166 valence electrons. The van der Waals surface area contributed by atoms with Crippen LogP contribution < -0.4 is 4.90 Å². The van der Waals surface area contributed by atoms with Gasteiger partial charge in [0.25, 0.3) is 0 Å². The summed E-state index contributed by atoms with van der Waals surface area (Å²) < 4.78 is 0. The van der Waals surface area contributed by atoms with Gasteiger partial charge in [0, 0.05) is 31.5 Å². The molecule has 2 aliphatic heterocycles. The van der Waals surface area contributed by atoms with Crippen molar-refractivity contribution in [3.05, 3.63) is 64.7 Å². The monoisotopic (exact) mass is 440 g/mol. The molecule has 0 unspecified atom stereocenters. The second kappa shape index (κ2) is 10.9. The maximum absolute atomic E-state index is 12.8. The molecule has 2 heterocycles. The predicted molar refractivity (Wildman–Crippen MR) is 129 cm³/mol. The van der Waals surface area contributed by atoms with E-state index in [2.05, 4.69) is 54.4 Å². The third kappa shape index (κ3) is 5.75. The van der Waals surface area contributed by atoms with Crippen LogP contribution in [-0.2, 0) is 24.1 Å². The lowest BCUT2D eigenvalue weighted by Gasteiger charge is -2.35. The highest BCUT2D eigenvalue weighted by molar-refractivity contribution is 6.01. The minimum atomic E-state index is 0. The van der Waals surface area contributed by atoms with Gasteiger partial charge in [-0.3, -0.25) is 9.59 Å². The number of Topliss-reactive ketones (excluding diaryl/α,β-unsaturated/α-hetero) is 1. The van der Waals surface area contributed by atoms with Crippen molar-refractivity contribution in [1.29, 1.82) is 0 Å². The number of carbonyl (C=O) groups is 2. The number of carbonyl (C=O) groups excluding carboxylic acids is 2. The maximum atomic E-state index is 12.8. The van der Waals surface area contributed by atoms with E-state index in [1.807, 2.05) is 4.90 Å². The minimum absolute atomic E-state index is 0. The number of unbranched alkanes of at least 4 members (excludes halogenated alkanes) is 1. The van der Waals surface area contributed by atoms with E-state index in [9.17, 15) is 9.59 Å². The van der Waals surface area contributed by atoms with Crippen molar-refractivity contribution >= 4 is 29.8 Å². The predicted octanol–water partition coefficient (Wildman–Crippen LogP) is 4.86. The molecule has 0 aromatic heterocycles. The Morgan fingerprint density at radius 3 is 2.52 bits per heavy atom. The molecular weight excluding hydrogens is 408 g/mol. The molecule has 0 bridgehead atoms. The first kappa shape index (κ1) is 23.5. The van der Waals surface area contributed by atoms with Crippen molar-refractivity contribution in [1.82, 2.24) is 4.90 Å². The van der Waals surface area contributed by atoms with Crippen LogP contribution in [0.1, 0.15) is 59.2 Å². The quantitative estimate of drug-likeness (QED) is 0.413. The van der Waals surface area contributed by atoms with Gasteiger partial charge in [-0.1, -0.05) is 30.3 Å². The van der Waals surface area contributed by atoms with Gasteiger partial charge >= 0.3 is 0 Å². The van der Waals surface area contributed by atoms with Gasteiger partial charge in [0.15, 0.2) is 5.78 Å². The average Bonchev–Trinajstić information content (AvgIpc) is 2.78. The van der Waals surface area contributed by atoms with Gasteiger partial charge in [-0.2, -0.15) is 0 Å². The molecule has 0 aliphatic carbocycles. The highest BCUT2D eigenvalue weighted by Gasteiger charge is 2.30. The molecule has 4 rings (SSSR count). The van der Waals surface area contributed by atoms with Crippen LogP contribution >= 0.6 is 12.4 Å². The highest BCUT2D eigenvalue weighted by atomic mass is 35.5. The number of hydrogen-bond acceptors (Lipinski definition) is 3. The SMILES string of the molecule is CN(CCCCC(=O)c1cc2c3c(c1)CCC(=O)N3CCC2)CCc1ccccc1.Cl. The summed E-state index contributed by atoms with van der Waals surface area (Å²) in [5.74, 6) is 0.480. The number of anilines is 1. The first-order valence-electron chi connectivity index (χ1n) is 11.3. The lowest BCUT2D eigenvalue weighted by atomic mass is 9.88. The molecule has 5 heteroatoms. The van der Waals surface area contributed by atoms with E-state index in [-0.39, 0.29) is 24.1 Å². The zero-order valence-electron chi connectivity index (χ0n) is 18.4. The van der Waals surface area contributed by atoms with Crippen molar-refractivity contribution in [2.45, 2.75) is 51.4 Å². The summed E-state index contributed by atoms with van der Waals surface area (Å²) in [7, 11) is 2.16. The molecule has 0 saturated heterocycles. The van der Waals surface area contributed by atoms with Crippen LogP contribution in [0.15, 0.2) is 42.5 Å².